The van der Waals surface area contributed by atoms with Gasteiger partial charge in [-0.05, 0) is 61.8 Å². The van der Waals surface area contributed by atoms with Gasteiger partial charge in [0.25, 0.3) is 5.91 Å². The minimum absolute atomic E-state index is 0.219. The maximum absolute atomic E-state index is 12.7. The van der Waals surface area contributed by atoms with Gasteiger partial charge in [0.15, 0.2) is 5.69 Å². The third kappa shape index (κ3) is 4.61. The van der Waals surface area contributed by atoms with E-state index in [9.17, 15) is 4.79 Å². The number of amides is 1. The highest BCUT2D eigenvalue weighted by Crippen LogP contribution is 2.37. The quantitative estimate of drug-likeness (QED) is 0.730. The van der Waals surface area contributed by atoms with Crippen molar-refractivity contribution < 1.29 is 13.8 Å². The maximum atomic E-state index is 12.7. The molecule has 0 radical (unpaired) electrons. The molecule has 2 aromatic rings. The Bertz CT molecular complexity index is 916. The first-order valence-electron chi connectivity index (χ1n) is 10.8. The molecule has 0 saturated carbocycles. The molecule has 154 valence electrons. The molecule has 1 aromatic heterocycles. The third-order valence-corrected chi connectivity index (χ3v) is 6.43. The number of rotatable bonds is 4. The number of hydrogen-bond acceptors (Lipinski definition) is 3. The highest BCUT2D eigenvalue weighted by atomic mass is 16.5. The minimum atomic E-state index is -0.219. The highest BCUT2D eigenvalue weighted by molar-refractivity contribution is 6.04. The highest BCUT2D eigenvalue weighted by Gasteiger charge is 2.28. The van der Waals surface area contributed by atoms with E-state index in [0.29, 0.717) is 17.4 Å². The van der Waals surface area contributed by atoms with Crippen molar-refractivity contribution in [1.29, 1.82) is 0 Å². The van der Waals surface area contributed by atoms with Crippen LogP contribution in [0.25, 0.3) is 5.57 Å². The van der Waals surface area contributed by atoms with Gasteiger partial charge >= 0.3 is 0 Å². The molecule has 1 aromatic carbocycles. The van der Waals surface area contributed by atoms with Gasteiger partial charge in [0.1, 0.15) is 5.76 Å². The number of benzene rings is 1. The molecule has 0 spiro atoms. The molecule has 1 aliphatic heterocycles. The molecule has 2 aliphatic rings. The van der Waals surface area contributed by atoms with E-state index in [2.05, 4.69) is 48.8 Å². The summed E-state index contributed by atoms with van der Waals surface area (Å²) in [6.07, 6.45) is 9.43. The normalized spacial score (nSPS) is 19.6. The molecule has 5 heteroatoms. The number of nitrogens with one attached hydrogen (secondary N) is 1. The average molecular weight is 395 g/mol. The van der Waals surface area contributed by atoms with Crippen LogP contribution in [0.1, 0.15) is 71.8 Å². The zero-order chi connectivity index (χ0) is 20.4. The number of nitrogens with zero attached hydrogens (tertiary/aromatic N) is 2. The second kappa shape index (κ2) is 8.15. The van der Waals surface area contributed by atoms with Gasteiger partial charge in [0.05, 0.1) is 27.2 Å². The average Bonchev–Trinajstić information content (AvgIpc) is 3.16. The topological polar surface area (TPSA) is 55.1 Å². The van der Waals surface area contributed by atoms with Gasteiger partial charge in [-0.3, -0.25) is 4.79 Å². The van der Waals surface area contributed by atoms with Crippen LogP contribution in [-0.2, 0) is 0 Å². The Morgan fingerprint density at radius 2 is 1.97 bits per heavy atom. The van der Waals surface area contributed by atoms with Crippen LogP contribution in [0, 0.1) is 6.92 Å². The molecular weight excluding hydrogens is 362 g/mol. The summed E-state index contributed by atoms with van der Waals surface area (Å²) in [5, 5.41) is 6.93. The second-order valence-electron chi connectivity index (χ2n) is 9.21. The smallest absolute Gasteiger partial charge is 0.277 e. The Labute approximate surface area is 173 Å². The Morgan fingerprint density at radius 1 is 1.17 bits per heavy atom. The zero-order valence-electron chi connectivity index (χ0n) is 17.8. The number of aryl methyl sites for hydroxylation is 1. The number of carbonyl (C=O) groups is 1. The van der Waals surface area contributed by atoms with Gasteiger partial charge in [-0.15, -0.1) is 0 Å². The molecule has 2 heterocycles. The lowest BCUT2D eigenvalue weighted by Crippen LogP contribution is -2.45. The molecule has 1 N–H and O–H groups in total. The number of anilines is 1. The lowest BCUT2D eigenvalue weighted by molar-refractivity contribution is -0.895. The Balaban J connectivity index is 1.62. The predicted molar refractivity (Wildman–Crippen MR) is 116 cm³/mol. The van der Waals surface area contributed by atoms with Crippen LogP contribution in [0.2, 0.25) is 0 Å². The lowest BCUT2D eigenvalue weighted by Gasteiger charge is -2.37. The van der Waals surface area contributed by atoms with Crippen LogP contribution >= 0.6 is 0 Å². The van der Waals surface area contributed by atoms with Crippen LogP contribution in [0.15, 0.2) is 34.9 Å². The van der Waals surface area contributed by atoms with Crippen LogP contribution < -0.4 is 5.32 Å². The van der Waals surface area contributed by atoms with Crippen molar-refractivity contribution in [3.05, 3.63) is 52.9 Å². The van der Waals surface area contributed by atoms with E-state index < -0.39 is 0 Å². The summed E-state index contributed by atoms with van der Waals surface area (Å²) in [5.41, 5.74) is 5.13. The Hall–Kier alpha value is -2.40. The predicted octanol–water partition coefficient (Wildman–Crippen LogP) is 5.15. The number of hydrogen-bond donors (Lipinski definition) is 1. The van der Waals surface area contributed by atoms with Crippen LogP contribution in [-0.4, -0.2) is 42.7 Å². The fourth-order valence-electron chi connectivity index (χ4n) is 4.53. The van der Waals surface area contributed by atoms with Crippen molar-refractivity contribution in [3.8, 4) is 0 Å². The van der Waals surface area contributed by atoms with Gasteiger partial charge in [-0.2, -0.15) is 0 Å². The van der Waals surface area contributed by atoms with Crippen molar-refractivity contribution in [2.24, 2.45) is 0 Å². The van der Waals surface area contributed by atoms with Crippen molar-refractivity contribution in [2.45, 2.75) is 51.4 Å². The molecule has 1 saturated heterocycles. The molecule has 0 bridgehead atoms. The fourth-order valence-corrected chi connectivity index (χ4v) is 4.53. The van der Waals surface area contributed by atoms with Crippen molar-refractivity contribution in [3.63, 3.8) is 0 Å². The summed E-state index contributed by atoms with van der Waals surface area (Å²) in [7, 11) is 4.64. The number of piperidine rings is 1. The van der Waals surface area contributed by atoms with Gasteiger partial charge < -0.3 is 14.3 Å². The summed E-state index contributed by atoms with van der Waals surface area (Å²) in [6.45, 7) is 4.22. The minimum Gasteiger partial charge on any atom is -0.361 e. The number of aromatic nitrogens is 1. The van der Waals surface area contributed by atoms with Crippen LogP contribution in [0.4, 0.5) is 5.69 Å². The fraction of sp³-hybridized carbons (Fsp3) is 0.500. The molecule has 0 unspecified atom stereocenters. The Morgan fingerprint density at radius 3 is 2.62 bits per heavy atom. The largest absolute Gasteiger partial charge is 0.361 e. The molecule has 1 amide bonds. The van der Waals surface area contributed by atoms with E-state index in [1.165, 1.54) is 55.5 Å². The van der Waals surface area contributed by atoms with E-state index in [0.717, 1.165) is 23.0 Å². The summed E-state index contributed by atoms with van der Waals surface area (Å²) >= 11 is 0. The van der Waals surface area contributed by atoms with E-state index in [4.69, 9.17) is 4.52 Å². The van der Waals surface area contributed by atoms with E-state index in [-0.39, 0.29) is 5.91 Å². The first-order valence-corrected chi connectivity index (χ1v) is 10.8. The maximum Gasteiger partial charge on any atom is 0.277 e. The molecule has 1 fully saturated rings. The number of quaternary nitrogens is 1. The van der Waals surface area contributed by atoms with Crippen molar-refractivity contribution in [2.75, 3.05) is 32.5 Å². The second-order valence-corrected chi connectivity index (χ2v) is 9.21. The van der Waals surface area contributed by atoms with Gasteiger partial charge in [-0.1, -0.05) is 17.3 Å². The molecule has 0 atom stereocenters. The van der Waals surface area contributed by atoms with E-state index in [1.54, 1.807) is 13.0 Å². The zero-order valence-corrected chi connectivity index (χ0v) is 17.8. The van der Waals surface area contributed by atoms with Crippen LogP contribution in [0.3, 0.4) is 0 Å². The first-order chi connectivity index (χ1) is 13.9. The molecule has 1 aliphatic carbocycles. The molecule has 4 rings (SSSR count). The molecule has 5 nitrogen and oxygen atoms in total. The van der Waals surface area contributed by atoms with Crippen molar-refractivity contribution >= 4 is 17.2 Å². The van der Waals surface area contributed by atoms with Crippen LogP contribution in [0.5, 0.6) is 0 Å². The number of carbonyl (C=O) groups excluding carboxylic acids is 1. The standard InChI is InChI=1S/C24H31N3O2/c1-17-15-23(26-29-17)24(28)25-22-10-9-20(18-11-13-27(2,3)14-12-18)16-21(22)19-7-5-4-6-8-19/h7,9-10,15-16,18H,4-6,8,11-14H2,1-3H3/p+1. The molecule has 29 heavy (non-hydrogen) atoms. The SMILES string of the molecule is Cc1cc(C(=O)Nc2ccc(C3CC[N+](C)(C)CC3)cc2C2=CCCCC2)no1. The molecular formula is C24H32N3O2+. The lowest BCUT2D eigenvalue weighted by atomic mass is 9.85. The van der Waals surface area contributed by atoms with Gasteiger partial charge in [-0.25, -0.2) is 0 Å². The summed E-state index contributed by atoms with van der Waals surface area (Å²) < 4.78 is 6.17. The summed E-state index contributed by atoms with van der Waals surface area (Å²) in [4.78, 5) is 12.7. The first kappa shape index (κ1) is 19.9. The Kier molecular flexibility index (Phi) is 5.59. The summed E-state index contributed by atoms with van der Waals surface area (Å²) in [5.74, 6) is 1.02. The van der Waals surface area contributed by atoms with Crippen molar-refractivity contribution in [1.82, 2.24) is 5.16 Å². The van der Waals surface area contributed by atoms with E-state index >= 15 is 0 Å². The monoisotopic (exact) mass is 394 g/mol. The van der Waals surface area contributed by atoms with Gasteiger partial charge in [0.2, 0.25) is 0 Å². The number of likely N-dealkylation sites (tertiary alicyclic amines) is 1. The summed E-state index contributed by atoms with van der Waals surface area (Å²) in [6, 6.07) is 8.29. The van der Waals surface area contributed by atoms with E-state index in [1.807, 2.05) is 0 Å². The van der Waals surface area contributed by atoms with Gasteiger partial charge in [0, 0.05) is 30.2 Å². The number of allylic oxidation sites excluding steroid dienone is 2. The third-order valence-electron chi connectivity index (χ3n) is 6.43.